The molecule has 0 spiro atoms. The topological polar surface area (TPSA) is 217 Å². The standard InChI is InChI=1S/H3N.H3O4P.3H2O/c;1-5(2,3)4;;;/h1H3;(H3,1,2,3,4);3*1H2/p-2. The summed E-state index contributed by atoms with van der Waals surface area (Å²) in [5.41, 5.74) is 0. The molecule has 0 fully saturated rings. The Bertz CT molecular complexity index is 55.1. The zero-order valence-corrected chi connectivity index (χ0v) is 5.47. The van der Waals surface area contributed by atoms with Crippen LogP contribution >= 0.6 is 7.82 Å². The molecule has 0 aromatic rings. The normalized spacial score (nSPS) is 6.56. The summed E-state index contributed by atoms with van der Waals surface area (Å²) in [5, 5.41) is 0. The fourth-order valence-electron chi connectivity index (χ4n) is 0. The summed E-state index contributed by atoms with van der Waals surface area (Å²) in [4.78, 5) is 25.6. The van der Waals surface area contributed by atoms with E-state index < -0.39 is 7.82 Å². The Hall–Kier alpha value is -0.0500. The van der Waals surface area contributed by atoms with Crippen molar-refractivity contribution in [2.75, 3.05) is 0 Å². The zero-order valence-electron chi connectivity index (χ0n) is 4.58. The average Bonchev–Trinajstić information content (AvgIpc) is 0.722. The van der Waals surface area contributed by atoms with Gasteiger partial charge in [-0.25, -0.2) is 0 Å². The van der Waals surface area contributed by atoms with Gasteiger partial charge in [0.15, 0.2) is 0 Å². The molecule has 10 N–H and O–H groups in total. The first-order chi connectivity index (χ1) is 2.00. The Balaban J connectivity index is -0.0000000133. The van der Waals surface area contributed by atoms with Crippen LogP contribution in [0, 0.1) is 0 Å². The first-order valence-electron chi connectivity index (χ1n) is 0.730. The molecule has 0 heterocycles. The minimum absolute atomic E-state index is 0. The van der Waals surface area contributed by atoms with Crippen LogP contribution in [0.3, 0.4) is 0 Å². The van der Waals surface area contributed by atoms with Gasteiger partial charge in [0.05, 0.1) is 0 Å². The van der Waals surface area contributed by atoms with Gasteiger partial charge in [-0.15, -0.1) is 0 Å². The SMILES string of the molecule is O.O.O.O=P([O-])([O-])[O-].[NH4+]. The second kappa shape index (κ2) is 10.8. The van der Waals surface area contributed by atoms with Gasteiger partial charge in [0, 0.05) is 0 Å². The van der Waals surface area contributed by atoms with Crippen LogP contribution < -0.4 is 20.8 Å². The molecule has 9 heavy (non-hydrogen) atoms. The van der Waals surface area contributed by atoms with Crippen molar-refractivity contribution in [3.8, 4) is 0 Å². The van der Waals surface area contributed by atoms with Crippen molar-refractivity contribution in [3.63, 3.8) is 0 Å². The number of hydrogen-bond donors (Lipinski definition) is 1. The molecule has 0 atom stereocenters. The number of rotatable bonds is 0. The lowest BCUT2D eigenvalue weighted by atomic mass is 14.0. The van der Waals surface area contributed by atoms with E-state index in [2.05, 4.69) is 0 Å². The largest absolute Gasteiger partial charge is 0.822 e. The first-order valence-corrected chi connectivity index (χ1v) is 2.19. The van der Waals surface area contributed by atoms with Crippen molar-refractivity contribution < 1.29 is 35.7 Å². The van der Waals surface area contributed by atoms with Crippen LogP contribution in [0.2, 0.25) is 0 Å². The third-order valence-electron chi connectivity index (χ3n) is 0. The second-order valence-corrected chi connectivity index (χ2v) is 1.34. The molecule has 0 saturated carbocycles. The van der Waals surface area contributed by atoms with Crippen LogP contribution in [0.1, 0.15) is 0 Å². The summed E-state index contributed by atoms with van der Waals surface area (Å²) in [5.74, 6) is 0. The maximum atomic E-state index is 8.55. The molecule has 0 amide bonds. The first kappa shape index (κ1) is 36.3. The van der Waals surface area contributed by atoms with Gasteiger partial charge in [0.2, 0.25) is 0 Å². The minimum atomic E-state index is -5.39. The highest BCUT2D eigenvalue weighted by Crippen LogP contribution is 2.03. The minimum Gasteiger partial charge on any atom is -0.822 e. The average molecular weight is 167 g/mol. The van der Waals surface area contributed by atoms with E-state index in [0.29, 0.717) is 0 Å². The van der Waals surface area contributed by atoms with Crippen LogP contribution in [-0.4, -0.2) is 16.4 Å². The molecule has 64 valence electrons. The highest BCUT2D eigenvalue weighted by molar-refractivity contribution is 7.40. The van der Waals surface area contributed by atoms with Crippen molar-refractivity contribution in [2.45, 2.75) is 0 Å². The summed E-state index contributed by atoms with van der Waals surface area (Å²) in [6.07, 6.45) is 0. The van der Waals surface area contributed by atoms with Crippen LogP contribution in [-0.2, 0) is 4.57 Å². The van der Waals surface area contributed by atoms with E-state index in [1.807, 2.05) is 0 Å². The Morgan fingerprint density at radius 2 is 0.889 bits per heavy atom. The lowest BCUT2D eigenvalue weighted by Gasteiger charge is -2.36. The van der Waals surface area contributed by atoms with Gasteiger partial charge in [-0.05, 0) is 0 Å². The predicted molar refractivity (Wildman–Crippen MR) is 24.4 cm³/mol. The highest BCUT2D eigenvalue weighted by atomic mass is 31.2. The molecule has 0 unspecified atom stereocenters. The van der Waals surface area contributed by atoms with Crippen molar-refractivity contribution >= 4 is 7.82 Å². The van der Waals surface area contributed by atoms with Gasteiger partial charge in [0.1, 0.15) is 0 Å². The molecule has 0 radical (unpaired) electrons. The number of phosphoric acid groups is 1. The molecule has 0 bridgehead atoms. The van der Waals surface area contributed by atoms with E-state index >= 15 is 0 Å². The molecule has 0 rings (SSSR count). The van der Waals surface area contributed by atoms with E-state index in [9.17, 15) is 0 Å². The lowest BCUT2D eigenvalue weighted by molar-refractivity contribution is -0.432. The molecule has 9 heteroatoms. The third-order valence-corrected chi connectivity index (χ3v) is 0. The summed E-state index contributed by atoms with van der Waals surface area (Å²) >= 11 is 0. The fourth-order valence-corrected chi connectivity index (χ4v) is 0. The Labute approximate surface area is 50.9 Å². The van der Waals surface area contributed by atoms with Gasteiger partial charge >= 0.3 is 0 Å². The van der Waals surface area contributed by atoms with Crippen LogP contribution in [0.15, 0.2) is 0 Å². The molecule has 0 aromatic carbocycles. The van der Waals surface area contributed by atoms with Crippen molar-refractivity contribution in [1.82, 2.24) is 6.15 Å². The van der Waals surface area contributed by atoms with Gasteiger partial charge < -0.3 is 41.8 Å². The number of quaternary nitrogens is 1. The van der Waals surface area contributed by atoms with E-state index in [1.165, 1.54) is 0 Å². The summed E-state index contributed by atoms with van der Waals surface area (Å²) in [6.45, 7) is 0. The summed E-state index contributed by atoms with van der Waals surface area (Å²) in [7, 11) is -5.39. The maximum Gasteiger partial charge on any atom is -0.159 e. The molecule has 8 nitrogen and oxygen atoms in total. The molecular formula is H10NO7P-2. The van der Waals surface area contributed by atoms with Crippen molar-refractivity contribution in [3.05, 3.63) is 0 Å². The second-order valence-electron chi connectivity index (χ2n) is 0.447. The molecule has 0 aliphatic rings. The quantitative estimate of drug-likeness (QED) is 0.350. The smallest absolute Gasteiger partial charge is 0.159 e. The van der Waals surface area contributed by atoms with Gasteiger partial charge in [-0.1, -0.05) is 0 Å². The van der Waals surface area contributed by atoms with Gasteiger partial charge in [-0.3, -0.25) is 0 Å². The van der Waals surface area contributed by atoms with Gasteiger partial charge in [-0.2, -0.15) is 7.82 Å². The van der Waals surface area contributed by atoms with Crippen LogP contribution in [0.5, 0.6) is 0 Å². The van der Waals surface area contributed by atoms with Gasteiger partial charge in [0.25, 0.3) is 0 Å². The maximum absolute atomic E-state index is 8.55. The van der Waals surface area contributed by atoms with Crippen molar-refractivity contribution in [2.24, 2.45) is 0 Å². The Morgan fingerprint density at radius 3 is 0.889 bits per heavy atom. The third kappa shape index (κ3) is 113000. The summed E-state index contributed by atoms with van der Waals surface area (Å²) < 4.78 is 8.55. The zero-order chi connectivity index (χ0) is 4.50. The molecule has 0 aliphatic carbocycles. The molecule has 0 saturated heterocycles. The number of hydrogen-bond acceptors (Lipinski definition) is 4. The van der Waals surface area contributed by atoms with E-state index in [-0.39, 0.29) is 22.6 Å². The fraction of sp³-hybridized carbons (Fsp3) is 0. The molecular weight excluding hydrogens is 157 g/mol. The predicted octanol–water partition coefficient (Wildman–Crippen LogP) is -4.92. The van der Waals surface area contributed by atoms with Crippen molar-refractivity contribution in [1.29, 1.82) is 0 Å². The monoisotopic (exact) mass is 167 g/mol. The van der Waals surface area contributed by atoms with Crippen LogP contribution in [0.25, 0.3) is 0 Å². The molecule has 0 aliphatic heterocycles. The highest BCUT2D eigenvalue weighted by Gasteiger charge is 1.44. The molecule has 0 aromatic heterocycles. The lowest BCUT2D eigenvalue weighted by Crippen LogP contribution is -2.24. The Morgan fingerprint density at radius 1 is 0.889 bits per heavy atom. The van der Waals surface area contributed by atoms with E-state index in [4.69, 9.17) is 19.2 Å². The van der Waals surface area contributed by atoms with Crippen LogP contribution in [0.4, 0.5) is 0 Å². The summed E-state index contributed by atoms with van der Waals surface area (Å²) in [6, 6.07) is 0. The van der Waals surface area contributed by atoms with E-state index in [1.54, 1.807) is 0 Å². The Kier molecular flexibility index (Phi) is 43.7. The van der Waals surface area contributed by atoms with E-state index in [0.717, 1.165) is 0 Å².